The molecule has 0 bridgehead atoms. The normalized spacial score (nSPS) is 14.1. The number of nitro groups is 1. The van der Waals surface area contributed by atoms with Gasteiger partial charge in [0.2, 0.25) is 0 Å². The first-order valence-electron chi connectivity index (χ1n) is 11.3. The lowest BCUT2D eigenvalue weighted by Gasteiger charge is -2.11. The fraction of sp³-hybridized carbons (Fsp3) is 0.0345. The SMILES string of the molecule is O=C1/C(=C/c2ccc(OCc3ccccc3)cc2)C(c2ccc([N+](=O)[O-])cc2)=NN1c1ccccc1. The smallest absolute Gasteiger partial charge is 0.281 e. The molecule has 7 nitrogen and oxygen atoms in total. The Kier molecular flexibility index (Phi) is 6.36. The van der Waals surface area contributed by atoms with Crippen molar-refractivity contribution in [3.63, 3.8) is 0 Å². The van der Waals surface area contributed by atoms with Crippen molar-refractivity contribution in [1.29, 1.82) is 0 Å². The molecule has 1 amide bonds. The number of nitro benzene ring substituents is 1. The number of ether oxygens (including phenoxy) is 1. The van der Waals surface area contributed by atoms with Crippen molar-refractivity contribution in [3.8, 4) is 5.75 Å². The summed E-state index contributed by atoms with van der Waals surface area (Å²) in [7, 11) is 0. The molecule has 0 N–H and O–H groups in total. The molecular weight excluding hydrogens is 454 g/mol. The van der Waals surface area contributed by atoms with Gasteiger partial charge in [0.25, 0.3) is 11.6 Å². The Morgan fingerprint density at radius 3 is 2.11 bits per heavy atom. The maximum atomic E-state index is 13.4. The number of rotatable bonds is 7. The summed E-state index contributed by atoms with van der Waals surface area (Å²) in [5.41, 5.74) is 3.94. The van der Waals surface area contributed by atoms with Crippen LogP contribution in [0.2, 0.25) is 0 Å². The van der Waals surface area contributed by atoms with E-state index >= 15 is 0 Å². The Balaban J connectivity index is 1.44. The molecule has 1 aliphatic heterocycles. The summed E-state index contributed by atoms with van der Waals surface area (Å²) >= 11 is 0. The van der Waals surface area contributed by atoms with Gasteiger partial charge in [-0.05, 0) is 53.6 Å². The van der Waals surface area contributed by atoms with E-state index in [2.05, 4.69) is 5.10 Å². The summed E-state index contributed by atoms with van der Waals surface area (Å²) in [5, 5.41) is 17.0. The van der Waals surface area contributed by atoms with Crippen LogP contribution in [-0.2, 0) is 11.4 Å². The Labute approximate surface area is 207 Å². The van der Waals surface area contributed by atoms with Crippen molar-refractivity contribution in [2.45, 2.75) is 6.61 Å². The van der Waals surface area contributed by atoms with Crippen molar-refractivity contribution in [2.75, 3.05) is 5.01 Å². The summed E-state index contributed by atoms with van der Waals surface area (Å²) in [6.07, 6.45) is 1.77. The average molecular weight is 476 g/mol. The summed E-state index contributed by atoms with van der Waals surface area (Å²) in [5.74, 6) is 0.438. The molecular formula is C29H21N3O4. The molecule has 4 aromatic rings. The average Bonchev–Trinajstić information content (AvgIpc) is 3.25. The standard InChI is InChI=1S/C29H21N3O4/c33-29-27(19-21-11-17-26(18-12-21)36-20-22-7-3-1-4-8-22)28(23-13-15-25(16-14-23)32(34)35)30-31(29)24-9-5-2-6-10-24/h1-19H,20H2/b27-19+. The molecule has 4 aromatic carbocycles. The van der Waals surface area contributed by atoms with Crippen LogP contribution in [0.25, 0.3) is 6.08 Å². The van der Waals surface area contributed by atoms with Gasteiger partial charge in [-0.2, -0.15) is 10.1 Å². The molecule has 1 aliphatic rings. The number of nitrogens with zero attached hydrogens (tertiary/aromatic N) is 3. The van der Waals surface area contributed by atoms with Crippen LogP contribution in [0, 0.1) is 10.1 Å². The van der Waals surface area contributed by atoms with Crippen LogP contribution in [0.3, 0.4) is 0 Å². The molecule has 7 heteroatoms. The zero-order chi connectivity index (χ0) is 24.9. The number of anilines is 1. The van der Waals surface area contributed by atoms with Gasteiger partial charge in [0.1, 0.15) is 18.1 Å². The van der Waals surface area contributed by atoms with Crippen LogP contribution >= 0.6 is 0 Å². The van der Waals surface area contributed by atoms with Gasteiger partial charge in [-0.25, -0.2) is 0 Å². The first kappa shape index (κ1) is 22.7. The second kappa shape index (κ2) is 10.1. The maximum Gasteiger partial charge on any atom is 0.281 e. The Morgan fingerprint density at radius 2 is 1.47 bits per heavy atom. The van der Waals surface area contributed by atoms with E-state index in [1.807, 2.05) is 72.8 Å². The van der Waals surface area contributed by atoms with E-state index in [-0.39, 0.29) is 11.6 Å². The number of hydrogen-bond acceptors (Lipinski definition) is 5. The fourth-order valence-corrected chi connectivity index (χ4v) is 3.81. The van der Waals surface area contributed by atoms with Gasteiger partial charge in [0, 0.05) is 17.7 Å². The van der Waals surface area contributed by atoms with E-state index in [9.17, 15) is 14.9 Å². The summed E-state index contributed by atoms with van der Waals surface area (Å²) < 4.78 is 5.86. The second-order valence-electron chi connectivity index (χ2n) is 8.11. The minimum absolute atomic E-state index is 0.0276. The highest BCUT2D eigenvalue weighted by Crippen LogP contribution is 2.29. The zero-order valence-corrected chi connectivity index (χ0v) is 19.2. The number of carbonyl (C=O) groups excluding carboxylic acids is 1. The van der Waals surface area contributed by atoms with E-state index < -0.39 is 4.92 Å². The molecule has 1 heterocycles. The molecule has 0 saturated heterocycles. The molecule has 0 saturated carbocycles. The first-order valence-corrected chi connectivity index (χ1v) is 11.3. The van der Waals surface area contributed by atoms with Crippen molar-refractivity contribution >= 4 is 29.1 Å². The van der Waals surface area contributed by atoms with E-state index in [1.165, 1.54) is 17.1 Å². The number of hydrazone groups is 1. The summed E-state index contributed by atoms with van der Waals surface area (Å²) in [4.78, 5) is 24.0. The molecule has 5 rings (SSSR count). The quantitative estimate of drug-likeness (QED) is 0.186. The number of para-hydroxylation sites is 1. The highest BCUT2D eigenvalue weighted by atomic mass is 16.6. The van der Waals surface area contributed by atoms with E-state index in [0.29, 0.717) is 34.9 Å². The lowest BCUT2D eigenvalue weighted by molar-refractivity contribution is -0.384. The third-order valence-electron chi connectivity index (χ3n) is 5.67. The molecule has 0 fully saturated rings. The molecule has 0 radical (unpaired) electrons. The highest BCUT2D eigenvalue weighted by molar-refractivity contribution is 6.37. The van der Waals surface area contributed by atoms with E-state index in [0.717, 1.165) is 11.1 Å². The minimum Gasteiger partial charge on any atom is -0.489 e. The van der Waals surface area contributed by atoms with Crippen LogP contribution in [0.1, 0.15) is 16.7 Å². The fourth-order valence-electron chi connectivity index (χ4n) is 3.81. The van der Waals surface area contributed by atoms with Gasteiger partial charge in [-0.3, -0.25) is 14.9 Å². The van der Waals surface area contributed by atoms with Gasteiger partial charge < -0.3 is 4.74 Å². The monoisotopic (exact) mass is 475 g/mol. The Morgan fingerprint density at radius 1 is 0.833 bits per heavy atom. The van der Waals surface area contributed by atoms with Gasteiger partial charge in [0.15, 0.2) is 0 Å². The number of benzene rings is 4. The summed E-state index contributed by atoms with van der Waals surface area (Å²) in [6, 6.07) is 32.5. The van der Waals surface area contributed by atoms with E-state index in [1.54, 1.807) is 30.3 Å². The molecule has 0 aliphatic carbocycles. The van der Waals surface area contributed by atoms with Gasteiger partial charge in [-0.15, -0.1) is 0 Å². The number of non-ortho nitro benzene ring substituents is 1. The topological polar surface area (TPSA) is 85.0 Å². The predicted octanol–water partition coefficient (Wildman–Crippen LogP) is 6.01. The minimum atomic E-state index is -0.458. The van der Waals surface area contributed by atoms with Crippen LogP contribution in [0.5, 0.6) is 5.75 Å². The lowest BCUT2D eigenvalue weighted by atomic mass is 10.00. The van der Waals surface area contributed by atoms with Crippen molar-refractivity contribution in [1.82, 2.24) is 0 Å². The number of amides is 1. The Bertz CT molecular complexity index is 1450. The van der Waals surface area contributed by atoms with Gasteiger partial charge in [-0.1, -0.05) is 60.7 Å². The lowest BCUT2D eigenvalue weighted by Crippen LogP contribution is -2.21. The van der Waals surface area contributed by atoms with Crippen molar-refractivity contribution in [3.05, 3.63) is 142 Å². The highest BCUT2D eigenvalue weighted by Gasteiger charge is 2.32. The first-order chi connectivity index (χ1) is 17.6. The van der Waals surface area contributed by atoms with Crippen LogP contribution < -0.4 is 9.75 Å². The van der Waals surface area contributed by atoms with Crippen LogP contribution in [0.4, 0.5) is 11.4 Å². The molecule has 176 valence electrons. The van der Waals surface area contributed by atoms with Crippen molar-refractivity contribution < 1.29 is 14.5 Å². The Hall–Kier alpha value is -5.04. The zero-order valence-electron chi connectivity index (χ0n) is 19.2. The van der Waals surface area contributed by atoms with Crippen LogP contribution in [-0.4, -0.2) is 16.5 Å². The third kappa shape index (κ3) is 4.90. The van der Waals surface area contributed by atoms with Crippen molar-refractivity contribution in [2.24, 2.45) is 5.10 Å². The van der Waals surface area contributed by atoms with Gasteiger partial charge >= 0.3 is 0 Å². The molecule has 0 aromatic heterocycles. The maximum absolute atomic E-state index is 13.4. The third-order valence-corrected chi connectivity index (χ3v) is 5.67. The largest absolute Gasteiger partial charge is 0.489 e. The molecule has 36 heavy (non-hydrogen) atoms. The summed E-state index contributed by atoms with van der Waals surface area (Å²) in [6.45, 7) is 0.461. The van der Waals surface area contributed by atoms with E-state index in [4.69, 9.17) is 4.74 Å². The number of carbonyl (C=O) groups is 1. The molecule has 0 atom stereocenters. The van der Waals surface area contributed by atoms with Crippen LogP contribution in [0.15, 0.2) is 120 Å². The number of hydrogen-bond donors (Lipinski definition) is 0. The van der Waals surface area contributed by atoms with Gasteiger partial charge in [0.05, 0.1) is 16.2 Å². The second-order valence-corrected chi connectivity index (χ2v) is 8.11. The molecule has 0 unspecified atom stereocenters. The molecule has 0 spiro atoms. The predicted molar refractivity (Wildman–Crippen MR) is 139 cm³/mol.